The van der Waals surface area contributed by atoms with Crippen LogP contribution in [0.15, 0.2) is 40.2 Å². The molecule has 0 aliphatic carbocycles. The number of hydrogen-bond acceptors (Lipinski definition) is 9. The molecule has 8 nitrogen and oxygen atoms in total. The van der Waals surface area contributed by atoms with Gasteiger partial charge in [0.1, 0.15) is 12.1 Å². The number of anilines is 1. The van der Waals surface area contributed by atoms with Gasteiger partial charge in [-0.05, 0) is 37.7 Å². The van der Waals surface area contributed by atoms with Crippen LogP contribution >= 0.6 is 34.7 Å². The molecular formula is C21H18ClN7OS2. The first kappa shape index (κ1) is 20.9. The van der Waals surface area contributed by atoms with Crippen LogP contribution in [0.4, 0.5) is 5.82 Å². The zero-order chi connectivity index (χ0) is 22.4. The molecule has 4 aromatic heterocycles. The minimum atomic E-state index is 0.328. The number of imidazole rings is 1. The fraction of sp³-hybridized carbons (Fsp3) is 0.190. The lowest BCUT2D eigenvalue weighted by Crippen LogP contribution is -2.08. The lowest BCUT2D eigenvalue weighted by atomic mass is 10.1. The first-order valence-electron chi connectivity index (χ1n) is 9.65. The molecule has 0 atom stereocenters. The third-order valence-corrected chi connectivity index (χ3v) is 7.70. The fourth-order valence-corrected chi connectivity index (χ4v) is 5.88. The molecule has 0 saturated carbocycles. The molecule has 1 aromatic carbocycles. The number of hydrogen-bond donors (Lipinski definition) is 1. The van der Waals surface area contributed by atoms with E-state index in [9.17, 15) is 0 Å². The molecule has 0 saturated heterocycles. The van der Waals surface area contributed by atoms with E-state index in [1.165, 1.54) is 29.4 Å². The summed E-state index contributed by atoms with van der Waals surface area (Å²) in [5, 5.41) is 1.38. The fourth-order valence-electron chi connectivity index (χ4n) is 3.55. The Hall–Kier alpha value is -2.95. The maximum Gasteiger partial charge on any atom is 0.177 e. The van der Waals surface area contributed by atoms with Gasteiger partial charge in [-0.25, -0.2) is 19.9 Å². The number of aryl methyl sites for hydroxylation is 1. The zero-order valence-corrected chi connectivity index (χ0v) is 19.8. The number of benzene rings is 1. The molecule has 0 bridgehead atoms. The molecule has 0 unspecified atom stereocenters. The largest absolute Gasteiger partial charge is 0.496 e. The second-order valence-electron chi connectivity index (χ2n) is 7.13. The van der Waals surface area contributed by atoms with E-state index in [0.29, 0.717) is 33.7 Å². The van der Waals surface area contributed by atoms with Crippen molar-refractivity contribution in [2.75, 3.05) is 12.8 Å². The van der Waals surface area contributed by atoms with Crippen LogP contribution in [0.2, 0.25) is 5.02 Å². The number of rotatable bonds is 5. The summed E-state index contributed by atoms with van der Waals surface area (Å²) < 4.78 is 9.32. The van der Waals surface area contributed by atoms with Gasteiger partial charge in [0.15, 0.2) is 26.5 Å². The van der Waals surface area contributed by atoms with Crippen molar-refractivity contribution in [3.8, 4) is 5.75 Å². The van der Waals surface area contributed by atoms with Gasteiger partial charge in [-0.15, -0.1) is 11.3 Å². The van der Waals surface area contributed by atoms with Gasteiger partial charge in [-0.2, -0.15) is 0 Å². The van der Waals surface area contributed by atoms with Gasteiger partial charge < -0.3 is 10.5 Å². The third kappa shape index (κ3) is 3.54. The maximum absolute atomic E-state index is 6.34. The van der Waals surface area contributed by atoms with E-state index in [1.807, 2.05) is 42.8 Å². The highest BCUT2D eigenvalue weighted by atomic mass is 35.5. The summed E-state index contributed by atoms with van der Waals surface area (Å²) in [6.45, 7) is 4.42. The van der Waals surface area contributed by atoms with Gasteiger partial charge in [-0.3, -0.25) is 9.55 Å². The van der Waals surface area contributed by atoms with E-state index < -0.39 is 0 Å². The Bertz CT molecular complexity index is 1480. The Labute approximate surface area is 196 Å². The second kappa shape index (κ2) is 8.19. The van der Waals surface area contributed by atoms with Gasteiger partial charge >= 0.3 is 0 Å². The summed E-state index contributed by atoms with van der Waals surface area (Å²) in [4.78, 5) is 22.6. The van der Waals surface area contributed by atoms with Crippen LogP contribution in [0.5, 0.6) is 5.75 Å². The lowest BCUT2D eigenvalue weighted by molar-refractivity contribution is 0.406. The molecule has 162 valence electrons. The molecule has 32 heavy (non-hydrogen) atoms. The van der Waals surface area contributed by atoms with Crippen LogP contribution in [0.25, 0.3) is 21.4 Å². The molecule has 0 amide bonds. The van der Waals surface area contributed by atoms with E-state index in [1.54, 1.807) is 7.11 Å². The van der Waals surface area contributed by atoms with Gasteiger partial charge in [0.05, 0.1) is 34.6 Å². The SMILES string of the molecule is COc1c(C)cnc(Cn2c(Sc3nc4cccc(Cl)c4s3)nc3c(N)ncnc32)c1C. The molecule has 0 aliphatic heterocycles. The average molecular weight is 484 g/mol. The van der Waals surface area contributed by atoms with Crippen molar-refractivity contribution in [2.24, 2.45) is 0 Å². The second-order valence-corrected chi connectivity index (χ2v) is 9.75. The lowest BCUT2D eigenvalue weighted by Gasteiger charge is -2.14. The number of halogens is 1. The summed E-state index contributed by atoms with van der Waals surface area (Å²) in [6.07, 6.45) is 3.25. The summed E-state index contributed by atoms with van der Waals surface area (Å²) >= 11 is 9.30. The number of nitrogens with zero attached hydrogens (tertiary/aromatic N) is 6. The van der Waals surface area contributed by atoms with Crippen molar-refractivity contribution in [1.29, 1.82) is 0 Å². The highest BCUT2D eigenvalue weighted by Crippen LogP contribution is 2.38. The van der Waals surface area contributed by atoms with E-state index in [-0.39, 0.29) is 0 Å². The molecule has 2 N–H and O–H groups in total. The molecule has 5 aromatic rings. The first-order chi connectivity index (χ1) is 15.5. The molecule has 0 radical (unpaired) electrons. The van der Waals surface area contributed by atoms with Gasteiger partial charge in [0.25, 0.3) is 0 Å². The monoisotopic (exact) mass is 483 g/mol. The van der Waals surface area contributed by atoms with Crippen LogP contribution in [-0.4, -0.2) is 36.6 Å². The number of ether oxygens (including phenoxy) is 1. The van der Waals surface area contributed by atoms with Crippen LogP contribution < -0.4 is 10.5 Å². The highest BCUT2D eigenvalue weighted by Gasteiger charge is 2.20. The summed E-state index contributed by atoms with van der Waals surface area (Å²) in [6, 6.07) is 5.70. The number of thiazole rings is 1. The molecule has 0 spiro atoms. The molecule has 0 aliphatic rings. The first-order valence-corrected chi connectivity index (χ1v) is 11.7. The molecule has 5 rings (SSSR count). The van der Waals surface area contributed by atoms with E-state index in [2.05, 4.69) is 15.0 Å². The highest BCUT2D eigenvalue weighted by molar-refractivity contribution is 8.01. The number of nitrogen functional groups attached to an aromatic ring is 1. The van der Waals surface area contributed by atoms with Crippen molar-refractivity contribution < 1.29 is 4.74 Å². The maximum atomic E-state index is 6.34. The standard InChI is InChI=1S/C21H18ClN7OS2/c1-10-7-24-14(11(2)16(10)30-3)8-29-19-15(18(23)25-9-26-19)28-20(29)32-21-27-13-6-4-5-12(22)17(13)31-21/h4-7,9H,8H2,1-3H3,(H2,23,25,26). The molecule has 11 heteroatoms. The Morgan fingerprint density at radius 2 is 2.03 bits per heavy atom. The molecular weight excluding hydrogens is 466 g/mol. The van der Waals surface area contributed by atoms with Crippen molar-refractivity contribution in [2.45, 2.75) is 29.9 Å². The number of fused-ring (bicyclic) bond motifs is 2. The quantitative estimate of drug-likeness (QED) is 0.376. The predicted molar refractivity (Wildman–Crippen MR) is 128 cm³/mol. The predicted octanol–water partition coefficient (Wildman–Crippen LogP) is 4.89. The third-order valence-electron chi connectivity index (χ3n) is 5.11. The van der Waals surface area contributed by atoms with Crippen LogP contribution in [-0.2, 0) is 6.54 Å². The Kier molecular flexibility index (Phi) is 5.36. The smallest absolute Gasteiger partial charge is 0.177 e. The normalized spacial score (nSPS) is 11.5. The average Bonchev–Trinajstić information content (AvgIpc) is 3.34. The topological polar surface area (TPSA) is 105 Å². The number of nitrogens with two attached hydrogens (primary N) is 1. The summed E-state index contributed by atoms with van der Waals surface area (Å²) in [5.41, 5.74) is 11.0. The van der Waals surface area contributed by atoms with Crippen LogP contribution in [0.1, 0.15) is 16.8 Å². The van der Waals surface area contributed by atoms with Crippen molar-refractivity contribution in [3.63, 3.8) is 0 Å². The van der Waals surface area contributed by atoms with Crippen molar-refractivity contribution in [1.82, 2.24) is 29.5 Å². The molecule has 4 heterocycles. The molecule has 0 fully saturated rings. The Morgan fingerprint density at radius 3 is 2.81 bits per heavy atom. The van der Waals surface area contributed by atoms with Gasteiger partial charge in [-0.1, -0.05) is 17.7 Å². The number of pyridine rings is 1. The van der Waals surface area contributed by atoms with E-state index >= 15 is 0 Å². The van der Waals surface area contributed by atoms with Crippen LogP contribution in [0.3, 0.4) is 0 Å². The Balaban J connectivity index is 1.62. The number of methoxy groups -OCH3 is 1. The van der Waals surface area contributed by atoms with Crippen molar-refractivity contribution >= 4 is 61.9 Å². The van der Waals surface area contributed by atoms with Gasteiger partial charge in [0, 0.05) is 17.3 Å². The van der Waals surface area contributed by atoms with Crippen molar-refractivity contribution in [3.05, 3.63) is 52.6 Å². The Morgan fingerprint density at radius 1 is 1.19 bits per heavy atom. The minimum Gasteiger partial charge on any atom is -0.496 e. The minimum absolute atomic E-state index is 0.328. The van der Waals surface area contributed by atoms with E-state index in [0.717, 1.165) is 37.1 Å². The van der Waals surface area contributed by atoms with E-state index in [4.69, 9.17) is 32.0 Å². The summed E-state index contributed by atoms with van der Waals surface area (Å²) in [5.74, 6) is 1.15. The van der Waals surface area contributed by atoms with Crippen LogP contribution in [0, 0.1) is 13.8 Å². The van der Waals surface area contributed by atoms with Gasteiger partial charge in [0.2, 0.25) is 0 Å². The number of aromatic nitrogens is 6. The summed E-state index contributed by atoms with van der Waals surface area (Å²) in [7, 11) is 1.67. The zero-order valence-electron chi connectivity index (χ0n) is 17.5.